The number of halogens is 1. The average molecular weight is 362 g/mol. The van der Waals surface area contributed by atoms with Gasteiger partial charge < -0.3 is 5.32 Å². The average Bonchev–Trinajstić information content (AvgIpc) is 3.19. The van der Waals surface area contributed by atoms with Crippen molar-refractivity contribution >= 4 is 35.1 Å². The molecular formula is C16H15FN4OS2. The molecule has 0 aliphatic rings. The van der Waals surface area contributed by atoms with E-state index in [2.05, 4.69) is 15.5 Å². The first-order valence-electron chi connectivity index (χ1n) is 7.25. The second-order valence-corrected chi connectivity index (χ2v) is 6.66. The lowest BCUT2D eigenvalue weighted by Gasteiger charge is -2.15. The molecule has 5 nitrogen and oxygen atoms in total. The molecule has 1 aromatic carbocycles. The van der Waals surface area contributed by atoms with Crippen molar-refractivity contribution in [3.8, 4) is 10.7 Å². The topological polar surface area (TPSA) is 62.7 Å². The summed E-state index contributed by atoms with van der Waals surface area (Å²) in [6.07, 6.45) is 0. The molecule has 1 amide bonds. The van der Waals surface area contributed by atoms with E-state index in [1.54, 1.807) is 30.5 Å². The van der Waals surface area contributed by atoms with Crippen LogP contribution in [-0.2, 0) is 4.79 Å². The third-order valence-corrected chi connectivity index (χ3v) is 4.81. The van der Waals surface area contributed by atoms with Crippen LogP contribution in [0.5, 0.6) is 0 Å². The number of aryl methyl sites for hydroxylation is 1. The van der Waals surface area contributed by atoms with Gasteiger partial charge in [-0.05, 0) is 55.2 Å². The van der Waals surface area contributed by atoms with Gasteiger partial charge in [0.1, 0.15) is 11.9 Å². The van der Waals surface area contributed by atoms with Crippen LogP contribution in [-0.4, -0.2) is 20.7 Å². The number of aromatic nitrogens is 3. The van der Waals surface area contributed by atoms with E-state index < -0.39 is 6.04 Å². The Morgan fingerprint density at radius 2 is 2.25 bits per heavy atom. The van der Waals surface area contributed by atoms with Gasteiger partial charge >= 0.3 is 0 Å². The first-order valence-corrected chi connectivity index (χ1v) is 8.54. The van der Waals surface area contributed by atoms with Crippen LogP contribution in [0.2, 0.25) is 0 Å². The molecule has 3 rings (SSSR count). The van der Waals surface area contributed by atoms with Crippen LogP contribution in [0, 0.1) is 17.5 Å². The van der Waals surface area contributed by atoms with Crippen LogP contribution in [0.4, 0.5) is 10.1 Å². The molecule has 2 aromatic heterocycles. The molecule has 124 valence electrons. The smallest absolute Gasteiger partial charge is 0.247 e. The minimum Gasteiger partial charge on any atom is -0.324 e. The minimum absolute atomic E-state index is 0.298. The number of nitrogens with one attached hydrogen (secondary N) is 2. The first-order chi connectivity index (χ1) is 11.5. The third-order valence-electron chi connectivity index (χ3n) is 3.65. The molecule has 2 N–H and O–H groups in total. The predicted molar refractivity (Wildman–Crippen MR) is 95.2 cm³/mol. The molecular weight excluding hydrogens is 347 g/mol. The molecule has 8 heteroatoms. The summed E-state index contributed by atoms with van der Waals surface area (Å²) in [5.74, 6) is -0.0547. The number of rotatable bonds is 4. The van der Waals surface area contributed by atoms with Gasteiger partial charge in [-0.15, -0.1) is 11.3 Å². The Labute approximate surface area is 147 Å². The number of carbonyl (C=O) groups excluding carboxylic acids is 1. The Balaban J connectivity index is 1.88. The normalized spacial score (nSPS) is 12.1. The van der Waals surface area contributed by atoms with E-state index in [-0.39, 0.29) is 11.7 Å². The van der Waals surface area contributed by atoms with E-state index >= 15 is 0 Å². The van der Waals surface area contributed by atoms with Crippen LogP contribution in [0.1, 0.15) is 18.5 Å². The van der Waals surface area contributed by atoms with E-state index in [0.29, 0.717) is 21.8 Å². The van der Waals surface area contributed by atoms with E-state index in [1.807, 2.05) is 17.5 Å². The van der Waals surface area contributed by atoms with E-state index in [1.165, 1.54) is 17.4 Å². The highest BCUT2D eigenvalue weighted by molar-refractivity contribution is 7.71. The van der Waals surface area contributed by atoms with Crippen LogP contribution in [0.25, 0.3) is 10.7 Å². The lowest BCUT2D eigenvalue weighted by molar-refractivity contribution is -0.118. The molecule has 2 heterocycles. The minimum atomic E-state index is -0.599. The molecule has 0 radical (unpaired) electrons. The van der Waals surface area contributed by atoms with E-state index in [9.17, 15) is 9.18 Å². The molecule has 0 unspecified atom stereocenters. The first kappa shape index (κ1) is 16.5. The van der Waals surface area contributed by atoms with Crippen LogP contribution >= 0.6 is 23.6 Å². The SMILES string of the molecule is Cc1ccc(NC(=O)[C@H](C)n2c(-c3cccs3)n[nH]c2=S)cc1F. The lowest BCUT2D eigenvalue weighted by atomic mass is 10.2. The van der Waals surface area contributed by atoms with Crippen LogP contribution in [0.3, 0.4) is 0 Å². The predicted octanol–water partition coefficient (Wildman–Crippen LogP) is 4.32. The van der Waals surface area contributed by atoms with Gasteiger partial charge in [0, 0.05) is 5.69 Å². The number of aromatic amines is 1. The van der Waals surface area contributed by atoms with E-state index in [4.69, 9.17) is 12.2 Å². The summed E-state index contributed by atoms with van der Waals surface area (Å²) >= 11 is 6.76. The van der Waals surface area contributed by atoms with Gasteiger partial charge in [-0.3, -0.25) is 14.5 Å². The Kier molecular flexibility index (Phi) is 4.59. The molecule has 0 aliphatic carbocycles. The summed E-state index contributed by atoms with van der Waals surface area (Å²) < 4.78 is 15.6. The number of amides is 1. The second kappa shape index (κ2) is 6.66. The van der Waals surface area contributed by atoms with Crippen molar-refractivity contribution in [2.45, 2.75) is 19.9 Å². The van der Waals surface area contributed by atoms with Gasteiger partial charge in [0.2, 0.25) is 5.91 Å². The van der Waals surface area contributed by atoms with Crippen molar-refractivity contribution in [1.29, 1.82) is 0 Å². The van der Waals surface area contributed by atoms with Crippen molar-refractivity contribution in [3.63, 3.8) is 0 Å². The number of H-pyrrole nitrogens is 1. The number of benzene rings is 1. The zero-order valence-corrected chi connectivity index (χ0v) is 14.7. The monoisotopic (exact) mass is 362 g/mol. The molecule has 0 spiro atoms. The summed E-state index contributed by atoms with van der Waals surface area (Å²) in [5.41, 5.74) is 0.931. The van der Waals surface area contributed by atoms with Gasteiger partial charge in [0.05, 0.1) is 4.88 Å². The molecule has 3 aromatic rings. The molecule has 0 fully saturated rings. The largest absolute Gasteiger partial charge is 0.324 e. The second-order valence-electron chi connectivity index (χ2n) is 5.33. The Morgan fingerprint density at radius 1 is 1.46 bits per heavy atom. The molecule has 0 bridgehead atoms. The number of nitrogens with zero attached hydrogens (tertiary/aromatic N) is 2. The van der Waals surface area contributed by atoms with Crippen molar-refractivity contribution in [2.24, 2.45) is 0 Å². The highest BCUT2D eigenvalue weighted by Crippen LogP contribution is 2.26. The summed E-state index contributed by atoms with van der Waals surface area (Å²) in [7, 11) is 0. The maximum Gasteiger partial charge on any atom is 0.247 e. The third kappa shape index (κ3) is 3.15. The Hall–Kier alpha value is -2.32. The molecule has 0 aliphatic heterocycles. The maximum absolute atomic E-state index is 13.6. The van der Waals surface area contributed by atoms with Gasteiger partial charge in [-0.1, -0.05) is 12.1 Å². The van der Waals surface area contributed by atoms with Crippen molar-refractivity contribution in [3.05, 3.63) is 51.9 Å². The van der Waals surface area contributed by atoms with Crippen LogP contribution < -0.4 is 5.32 Å². The zero-order valence-electron chi connectivity index (χ0n) is 13.0. The molecule has 0 saturated carbocycles. The molecule has 1 atom stereocenters. The number of hydrogen-bond donors (Lipinski definition) is 2. The summed E-state index contributed by atoms with van der Waals surface area (Å²) in [5, 5.41) is 11.6. The van der Waals surface area contributed by atoms with Crippen molar-refractivity contribution in [1.82, 2.24) is 14.8 Å². The zero-order chi connectivity index (χ0) is 17.3. The van der Waals surface area contributed by atoms with Gasteiger partial charge in [-0.25, -0.2) is 4.39 Å². The Morgan fingerprint density at radius 3 is 2.92 bits per heavy atom. The standard InChI is InChI=1S/C16H15FN4OS2/c1-9-5-6-11(8-12(9)17)18-15(22)10(2)21-14(19-20-16(21)23)13-4-3-7-24-13/h3-8,10H,1-2H3,(H,18,22)(H,20,23)/t10-/m0/s1. The van der Waals surface area contributed by atoms with Gasteiger partial charge in [-0.2, -0.15) is 5.10 Å². The number of anilines is 1. The summed E-state index contributed by atoms with van der Waals surface area (Å²) in [4.78, 5) is 13.4. The molecule has 24 heavy (non-hydrogen) atoms. The van der Waals surface area contributed by atoms with Crippen molar-refractivity contribution < 1.29 is 9.18 Å². The summed E-state index contributed by atoms with van der Waals surface area (Å²) in [6.45, 7) is 3.39. The lowest BCUT2D eigenvalue weighted by Crippen LogP contribution is -2.24. The maximum atomic E-state index is 13.6. The van der Waals surface area contributed by atoms with Gasteiger partial charge in [0.15, 0.2) is 10.6 Å². The highest BCUT2D eigenvalue weighted by atomic mass is 32.1. The number of thiophene rings is 1. The van der Waals surface area contributed by atoms with Crippen molar-refractivity contribution in [2.75, 3.05) is 5.32 Å². The number of carbonyl (C=O) groups is 1. The highest BCUT2D eigenvalue weighted by Gasteiger charge is 2.21. The fraction of sp³-hybridized carbons (Fsp3) is 0.188. The van der Waals surface area contributed by atoms with Gasteiger partial charge in [0.25, 0.3) is 0 Å². The fourth-order valence-electron chi connectivity index (χ4n) is 2.28. The van der Waals surface area contributed by atoms with Crippen LogP contribution in [0.15, 0.2) is 35.7 Å². The van der Waals surface area contributed by atoms with E-state index in [0.717, 1.165) is 4.88 Å². The summed E-state index contributed by atoms with van der Waals surface area (Å²) in [6, 6.07) is 7.80. The molecule has 0 saturated heterocycles. The fourth-order valence-corrected chi connectivity index (χ4v) is 3.28. The quantitative estimate of drug-likeness (QED) is 0.680. The number of hydrogen-bond acceptors (Lipinski definition) is 4. The Bertz CT molecular complexity index is 930.